The summed E-state index contributed by atoms with van der Waals surface area (Å²) >= 11 is 6.40. The lowest BCUT2D eigenvalue weighted by Crippen LogP contribution is -2.51. The highest BCUT2D eigenvalue weighted by molar-refractivity contribution is 7.90. The smallest absolute Gasteiger partial charge is 0.264 e. The zero-order valence-corrected chi connectivity index (χ0v) is 27.4. The van der Waals surface area contributed by atoms with Crippen LogP contribution in [0.5, 0.6) is 5.75 Å². The molecule has 0 radical (unpaired) electrons. The summed E-state index contributed by atoms with van der Waals surface area (Å²) in [5, 5.41) is 10.5. The number of halogens is 1. The number of sulfonamides is 1. The summed E-state index contributed by atoms with van der Waals surface area (Å²) in [6.45, 7) is 2.36. The number of amides is 1. The molecule has 2 aromatic carbocycles. The topological polar surface area (TPSA) is 114 Å². The Kier molecular flexibility index (Phi) is 9.51. The second-order valence-corrected chi connectivity index (χ2v) is 15.5. The number of fused-ring (bicyclic) bond motifs is 4. The molecule has 4 atom stereocenters. The first kappa shape index (κ1) is 32.3. The Hall–Kier alpha value is -2.63. The van der Waals surface area contributed by atoms with Crippen LogP contribution in [0.25, 0.3) is 0 Å². The van der Waals surface area contributed by atoms with Gasteiger partial charge in [0.15, 0.2) is 0 Å². The zero-order valence-electron chi connectivity index (χ0n) is 25.8. The third-order valence-electron chi connectivity index (χ3n) is 10.3. The number of rotatable bonds is 6. The number of methoxy groups -OCH3 is 1. The maximum absolute atomic E-state index is 13.5. The number of hydrogen-bond acceptors (Lipinski definition) is 8. The molecule has 2 heterocycles. The average Bonchev–Trinajstić information content (AvgIpc) is 3.16. The molecule has 1 fully saturated rings. The van der Waals surface area contributed by atoms with Crippen molar-refractivity contribution in [1.29, 1.82) is 0 Å². The maximum atomic E-state index is 13.5. The van der Waals surface area contributed by atoms with Crippen molar-refractivity contribution in [1.82, 2.24) is 4.72 Å². The van der Waals surface area contributed by atoms with Crippen LogP contribution in [0.3, 0.4) is 0 Å². The number of hydrogen-bond donors (Lipinski definition) is 2. The van der Waals surface area contributed by atoms with Gasteiger partial charge in [-0.15, -0.1) is 0 Å². The van der Waals surface area contributed by atoms with Crippen molar-refractivity contribution in [3.8, 4) is 5.75 Å². The lowest BCUT2D eigenvalue weighted by molar-refractivity contribution is 0.0213. The third-order valence-corrected chi connectivity index (χ3v) is 12.3. The second kappa shape index (κ2) is 13.2. The van der Waals surface area contributed by atoms with E-state index in [4.69, 9.17) is 25.8 Å². The standard InChI is InChI=1S/C34H43ClN2O7S/c1-42-15-16-43-20-28-6-2-3-12-33(22-38)14-11-26(33)19-37-21-34(13-4-5-24-17-27(35)8-9-29(24)34)23-44-31-10-7-25(18-30(31)37)32(39)36-45(28,40)41/h3,7-10,12,17-18,26,28,38H,2,4-6,11,13-16,19-23H2,1H3,(H,36,39)/b12-3-/t26-,28-,33-,34-/m0/s1. The zero-order chi connectivity index (χ0) is 31.7. The fraction of sp³-hybridized carbons (Fsp3) is 0.559. The fourth-order valence-electron chi connectivity index (χ4n) is 7.55. The molecule has 9 nitrogen and oxygen atoms in total. The van der Waals surface area contributed by atoms with Crippen molar-refractivity contribution in [3.05, 3.63) is 70.3 Å². The van der Waals surface area contributed by atoms with E-state index < -0.39 is 26.6 Å². The van der Waals surface area contributed by atoms with E-state index in [1.807, 2.05) is 12.1 Å². The molecule has 2 aliphatic carbocycles. The van der Waals surface area contributed by atoms with E-state index in [9.17, 15) is 18.3 Å². The number of carbonyl (C=O) groups is 1. The summed E-state index contributed by atoms with van der Waals surface area (Å²) in [4.78, 5) is 15.8. The van der Waals surface area contributed by atoms with Gasteiger partial charge in [-0.3, -0.25) is 4.79 Å². The van der Waals surface area contributed by atoms with Crippen molar-refractivity contribution < 1.29 is 32.5 Å². The van der Waals surface area contributed by atoms with E-state index in [-0.39, 0.29) is 43.1 Å². The molecule has 2 bridgehead atoms. The van der Waals surface area contributed by atoms with E-state index in [1.165, 1.54) is 11.1 Å². The van der Waals surface area contributed by atoms with Crippen molar-refractivity contribution in [2.75, 3.05) is 58.1 Å². The van der Waals surface area contributed by atoms with Crippen molar-refractivity contribution in [2.24, 2.45) is 11.3 Å². The van der Waals surface area contributed by atoms with Crippen molar-refractivity contribution >= 4 is 33.2 Å². The van der Waals surface area contributed by atoms with Gasteiger partial charge in [0.25, 0.3) is 5.91 Å². The van der Waals surface area contributed by atoms with E-state index in [0.29, 0.717) is 38.5 Å². The molecule has 4 aliphatic rings. The second-order valence-electron chi connectivity index (χ2n) is 13.1. The van der Waals surface area contributed by atoms with Crippen LogP contribution in [0, 0.1) is 11.3 Å². The highest BCUT2D eigenvalue weighted by Crippen LogP contribution is 2.51. The van der Waals surface area contributed by atoms with Gasteiger partial charge in [0.2, 0.25) is 10.0 Å². The number of ether oxygens (including phenoxy) is 3. The first-order valence-electron chi connectivity index (χ1n) is 15.9. The molecule has 0 unspecified atom stereocenters. The molecule has 6 rings (SSSR count). The predicted octanol–water partition coefficient (Wildman–Crippen LogP) is 4.64. The molecule has 244 valence electrons. The highest BCUT2D eigenvalue weighted by atomic mass is 35.5. The Bertz CT molecular complexity index is 1540. The lowest BCUT2D eigenvalue weighted by Gasteiger charge is -2.50. The summed E-state index contributed by atoms with van der Waals surface area (Å²) in [5.41, 5.74) is 2.80. The molecule has 1 saturated carbocycles. The molecular formula is C34H43ClN2O7S. The van der Waals surface area contributed by atoms with E-state index in [2.05, 4.69) is 27.8 Å². The predicted molar refractivity (Wildman–Crippen MR) is 174 cm³/mol. The van der Waals surface area contributed by atoms with Crippen LogP contribution in [-0.4, -0.2) is 77.9 Å². The van der Waals surface area contributed by atoms with Crippen LogP contribution in [0.15, 0.2) is 48.6 Å². The van der Waals surface area contributed by atoms with Crippen LogP contribution in [0.2, 0.25) is 5.02 Å². The molecule has 2 aromatic rings. The summed E-state index contributed by atoms with van der Waals surface area (Å²) in [5.74, 6) is 0.148. The molecule has 1 spiro atoms. The number of anilines is 1. The van der Waals surface area contributed by atoms with Gasteiger partial charge in [-0.2, -0.15) is 0 Å². The van der Waals surface area contributed by atoms with Crippen LogP contribution in [0.1, 0.15) is 60.0 Å². The largest absolute Gasteiger partial charge is 0.490 e. The van der Waals surface area contributed by atoms with Gasteiger partial charge in [-0.25, -0.2) is 13.1 Å². The lowest BCUT2D eigenvalue weighted by atomic mass is 9.59. The van der Waals surface area contributed by atoms with Crippen LogP contribution in [-0.2, 0) is 31.3 Å². The van der Waals surface area contributed by atoms with E-state index in [0.717, 1.165) is 42.8 Å². The Morgan fingerprint density at radius 1 is 1.16 bits per heavy atom. The summed E-state index contributed by atoms with van der Waals surface area (Å²) in [7, 11) is -2.51. The van der Waals surface area contributed by atoms with Gasteiger partial charge in [0, 0.05) is 41.6 Å². The van der Waals surface area contributed by atoms with Crippen molar-refractivity contribution in [3.63, 3.8) is 0 Å². The van der Waals surface area contributed by atoms with Crippen molar-refractivity contribution in [2.45, 2.75) is 55.6 Å². The van der Waals surface area contributed by atoms with Gasteiger partial charge in [0.05, 0.1) is 38.7 Å². The monoisotopic (exact) mass is 658 g/mol. The molecular weight excluding hydrogens is 616 g/mol. The van der Waals surface area contributed by atoms with Gasteiger partial charge >= 0.3 is 0 Å². The Labute approximate surface area is 270 Å². The van der Waals surface area contributed by atoms with Gasteiger partial charge in [-0.05, 0) is 92.3 Å². The van der Waals surface area contributed by atoms with Gasteiger partial charge in [-0.1, -0.05) is 29.8 Å². The highest BCUT2D eigenvalue weighted by Gasteiger charge is 2.48. The number of carbonyl (C=O) groups excluding carboxylic acids is 1. The number of allylic oxidation sites excluding steroid dienone is 1. The molecule has 2 aliphatic heterocycles. The number of nitrogens with zero attached hydrogens (tertiary/aromatic N) is 1. The summed E-state index contributed by atoms with van der Waals surface area (Å²) < 4.78 is 46.5. The van der Waals surface area contributed by atoms with Gasteiger partial charge in [0.1, 0.15) is 11.0 Å². The van der Waals surface area contributed by atoms with Crippen LogP contribution in [0.4, 0.5) is 5.69 Å². The number of aryl methyl sites for hydroxylation is 1. The quantitative estimate of drug-likeness (QED) is 0.341. The Morgan fingerprint density at radius 2 is 2.02 bits per heavy atom. The maximum Gasteiger partial charge on any atom is 0.264 e. The molecule has 1 amide bonds. The first-order chi connectivity index (χ1) is 21.7. The minimum Gasteiger partial charge on any atom is -0.490 e. The number of benzene rings is 2. The summed E-state index contributed by atoms with van der Waals surface area (Å²) in [6.07, 6.45) is 9.56. The van der Waals surface area contributed by atoms with E-state index in [1.54, 1.807) is 25.3 Å². The third kappa shape index (κ3) is 6.49. The Balaban J connectivity index is 1.39. The molecule has 2 N–H and O–H groups in total. The summed E-state index contributed by atoms with van der Waals surface area (Å²) in [6, 6.07) is 11.3. The molecule has 0 aromatic heterocycles. The minimum absolute atomic E-state index is 0.0137. The number of aliphatic hydroxyl groups is 1. The normalized spacial score (nSPS) is 29.9. The van der Waals surface area contributed by atoms with Gasteiger partial charge < -0.3 is 24.2 Å². The van der Waals surface area contributed by atoms with Crippen LogP contribution >= 0.6 is 11.6 Å². The Morgan fingerprint density at radius 3 is 2.80 bits per heavy atom. The fourth-order valence-corrected chi connectivity index (χ4v) is 9.01. The molecule has 0 saturated heterocycles. The first-order valence-corrected chi connectivity index (χ1v) is 17.8. The molecule has 45 heavy (non-hydrogen) atoms. The minimum atomic E-state index is -4.07. The molecule has 11 heteroatoms. The van der Waals surface area contributed by atoms with Crippen LogP contribution < -0.4 is 14.4 Å². The SMILES string of the molecule is COCCOC[C@@H]1CC/C=C\[C@@]2(CO)CC[C@H]2CN2C[C@@]3(CCCc4cc(Cl)ccc43)COc3ccc(cc32)C(=O)NS1(=O)=O. The number of aliphatic hydroxyl groups excluding tert-OH is 1. The average molecular weight is 659 g/mol. The van der Waals surface area contributed by atoms with E-state index >= 15 is 0 Å². The number of nitrogens with one attached hydrogen (secondary N) is 1.